The lowest BCUT2D eigenvalue weighted by atomic mass is 9.86. The minimum Gasteiger partial charge on any atom is -0.382 e. The van der Waals surface area contributed by atoms with Gasteiger partial charge in [-0.3, -0.25) is 9.78 Å². The van der Waals surface area contributed by atoms with Crippen LogP contribution in [0, 0.1) is 5.82 Å². The third kappa shape index (κ3) is 2.69. The fourth-order valence-corrected chi connectivity index (χ4v) is 2.35. The Kier molecular flexibility index (Phi) is 3.52. The Morgan fingerprint density at radius 1 is 1.24 bits per heavy atom. The summed E-state index contributed by atoms with van der Waals surface area (Å²) in [5.74, 6) is -0.945. The molecule has 1 fully saturated rings. The maximum atomic E-state index is 13.0. The van der Waals surface area contributed by atoms with Crippen LogP contribution in [-0.4, -0.2) is 21.5 Å². The van der Waals surface area contributed by atoms with E-state index in [0.29, 0.717) is 12.8 Å². The van der Waals surface area contributed by atoms with Crippen molar-refractivity contribution in [2.24, 2.45) is 0 Å². The van der Waals surface area contributed by atoms with Gasteiger partial charge in [0.1, 0.15) is 11.4 Å². The molecule has 0 aliphatic heterocycles. The van der Waals surface area contributed by atoms with Crippen molar-refractivity contribution in [2.45, 2.75) is 44.1 Å². The van der Waals surface area contributed by atoms with Crippen LogP contribution in [0.1, 0.15) is 48.9 Å². The Hall–Kier alpha value is -1.29. The van der Waals surface area contributed by atoms with E-state index in [4.69, 9.17) is 0 Å². The summed E-state index contributed by atoms with van der Waals surface area (Å²) < 4.78 is 13.0. The zero-order valence-electron chi connectivity index (χ0n) is 9.66. The third-order valence-electron chi connectivity index (χ3n) is 3.32. The second-order valence-corrected chi connectivity index (χ2v) is 4.67. The van der Waals surface area contributed by atoms with Gasteiger partial charge >= 0.3 is 0 Å². The number of aliphatic hydroxyl groups is 1. The van der Waals surface area contributed by atoms with Gasteiger partial charge < -0.3 is 5.11 Å². The Balaban J connectivity index is 2.23. The van der Waals surface area contributed by atoms with Crippen molar-refractivity contribution in [1.82, 2.24) is 4.98 Å². The molecule has 1 aromatic rings. The smallest absolute Gasteiger partial charge is 0.195 e. The Labute approximate surface area is 99.7 Å². The van der Waals surface area contributed by atoms with Crippen LogP contribution < -0.4 is 0 Å². The quantitative estimate of drug-likeness (QED) is 0.635. The fourth-order valence-electron chi connectivity index (χ4n) is 2.35. The number of hydrogen-bond donors (Lipinski definition) is 1. The van der Waals surface area contributed by atoms with Crippen molar-refractivity contribution in [1.29, 1.82) is 0 Å². The minimum absolute atomic E-state index is 0.161. The van der Waals surface area contributed by atoms with Crippen LogP contribution in [0.4, 0.5) is 4.39 Å². The molecule has 92 valence electrons. The van der Waals surface area contributed by atoms with Crippen LogP contribution in [0.25, 0.3) is 0 Å². The average molecular weight is 237 g/mol. The van der Waals surface area contributed by atoms with Crippen LogP contribution in [0.2, 0.25) is 0 Å². The van der Waals surface area contributed by atoms with Gasteiger partial charge in [0.25, 0.3) is 0 Å². The summed E-state index contributed by atoms with van der Waals surface area (Å²) in [6, 6.07) is 1.14. The molecule has 0 unspecified atom stereocenters. The molecule has 1 aromatic heterocycles. The topological polar surface area (TPSA) is 50.2 Å². The van der Waals surface area contributed by atoms with Crippen molar-refractivity contribution in [3.8, 4) is 0 Å². The number of carbonyl (C=O) groups is 1. The number of Topliss-reactive ketones (excluding diaryl/α,β-unsaturated/α-hetero) is 1. The summed E-state index contributed by atoms with van der Waals surface area (Å²) in [6.45, 7) is 0. The molecule has 0 saturated heterocycles. The number of halogens is 1. The number of aromatic nitrogens is 1. The first-order valence-electron chi connectivity index (χ1n) is 5.99. The van der Waals surface area contributed by atoms with Gasteiger partial charge in [-0.25, -0.2) is 4.39 Å². The van der Waals surface area contributed by atoms with Crippen LogP contribution in [-0.2, 0) is 0 Å². The van der Waals surface area contributed by atoms with E-state index in [1.165, 1.54) is 6.20 Å². The molecule has 0 bridgehead atoms. The van der Waals surface area contributed by atoms with E-state index in [1.54, 1.807) is 0 Å². The number of hydrogen-bond acceptors (Lipinski definition) is 3. The molecule has 1 aliphatic carbocycles. The van der Waals surface area contributed by atoms with Gasteiger partial charge in [-0.05, 0) is 18.9 Å². The van der Waals surface area contributed by atoms with Gasteiger partial charge in [0.05, 0.1) is 6.20 Å². The lowest BCUT2D eigenvalue weighted by Crippen LogP contribution is -2.38. The first-order chi connectivity index (χ1) is 8.12. The van der Waals surface area contributed by atoms with Gasteiger partial charge in [-0.15, -0.1) is 0 Å². The first kappa shape index (κ1) is 12.2. The average Bonchev–Trinajstić information content (AvgIpc) is 2.54. The monoisotopic (exact) mass is 237 g/mol. The number of nitrogens with zero attached hydrogens (tertiary/aromatic N) is 1. The number of carbonyl (C=O) groups excluding carboxylic acids is 1. The second kappa shape index (κ2) is 4.92. The standard InChI is InChI=1S/C13H16FNO2/c14-11-7-10(8-15-9-11)12(16)13(17)5-3-1-2-4-6-13/h7-9,17H,1-6H2. The molecule has 2 rings (SSSR count). The predicted octanol–water partition coefficient (Wildman–Crippen LogP) is 2.49. The molecular formula is C13H16FNO2. The third-order valence-corrected chi connectivity index (χ3v) is 3.32. The van der Waals surface area contributed by atoms with E-state index in [9.17, 15) is 14.3 Å². The van der Waals surface area contributed by atoms with E-state index in [-0.39, 0.29) is 5.56 Å². The molecule has 4 heteroatoms. The summed E-state index contributed by atoms with van der Waals surface area (Å²) in [4.78, 5) is 15.8. The molecule has 17 heavy (non-hydrogen) atoms. The SMILES string of the molecule is O=C(c1cncc(F)c1)C1(O)CCCCCC1. The molecule has 3 nitrogen and oxygen atoms in total. The molecule has 1 saturated carbocycles. The lowest BCUT2D eigenvalue weighted by Gasteiger charge is -2.24. The van der Waals surface area contributed by atoms with E-state index >= 15 is 0 Å². The molecule has 0 radical (unpaired) electrons. The normalized spacial score (nSPS) is 19.6. The van der Waals surface area contributed by atoms with Crippen molar-refractivity contribution in [3.05, 3.63) is 29.8 Å². The zero-order chi connectivity index (χ0) is 12.3. The molecule has 1 heterocycles. The summed E-state index contributed by atoms with van der Waals surface area (Å²) in [5, 5.41) is 10.4. The van der Waals surface area contributed by atoms with Crippen LogP contribution in [0.5, 0.6) is 0 Å². The van der Waals surface area contributed by atoms with Crippen molar-refractivity contribution in [2.75, 3.05) is 0 Å². The van der Waals surface area contributed by atoms with E-state index in [0.717, 1.165) is 37.9 Å². The van der Waals surface area contributed by atoms with E-state index < -0.39 is 17.2 Å². The highest BCUT2D eigenvalue weighted by molar-refractivity contribution is 6.02. The molecular weight excluding hydrogens is 221 g/mol. The van der Waals surface area contributed by atoms with Gasteiger partial charge in [0.15, 0.2) is 5.78 Å². The summed E-state index contributed by atoms with van der Waals surface area (Å²) in [7, 11) is 0. The summed E-state index contributed by atoms with van der Waals surface area (Å²) >= 11 is 0. The Bertz CT molecular complexity index is 412. The predicted molar refractivity (Wildman–Crippen MR) is 61.2 cm³/mol. The van der Waals surface area contributed by atoms with Crippen molar-refractivity contribution >= 4 is 5.78 Å². The highest BCUT2D eigenvalue weighted by Crippen LogP contribution is 2.30. The maximum absolute atomic E-state index is 13.0. The summed E-state index contributed by atoms with van der Waals surface area (Å²) in [5.41, 5.74) is -1.17. The zero-order valence-corrected chi connectivity index (χ0v) is 9.66. The Morgan fingerprint density at radius 3 is 2.47 bits per heavy atom. The molecule has 0 aromatic carbocycles. The van der Waals surface area contributed by atoms with Gasteiger partial charge in [-0.2, -0.15) is 0 Å². The largest absolute Gasteiger partial charge is 0.382 e. The first-order valence-corrected chi connectivity index (χ1v) is 5.99. The second-order valence-electron chi connectivity index (χ2n) is 4.67. The fraction of sp³-hybridized carbons (Fsp3) is 0.538. The maximum Gasteiger partial charge on any atom is 0.195 e. The van der Waals surface area contributed by atoms with Gasteiger partial charge in [-0.1, -0.05) is 25.7 Å². The molecule has 1 N–H and O–H groups in total. The molecule has 0 amide bonds. The minimum atomic E-state index is -1.33. The lowest BCUT2D eigenvalue weighted by molar-refractivity contribution is 0.0237. The summed E-state index contributed by atoms with van der Waals surface area (Å²) in [6.07, 6.45) is 7.04. The highest BCUT2D eigenvalue weighted by atomic mass is 19.1. The van der Waals surface area contributed by atoms with Crippen LogP contribution >= 0.6 is 0 Å². The number of ketones is 1. The Morgan fingerprint density at radius 2 is 1.88 bits per heavy atom. The molecule has 0 atom stereocenters. The van der Waals surface area contributed by atoms with Gasteiger partial charge in [0, 0.05) is 11.8 Å². The molecule has 0 spiro atoms. The number of pyridine rings is 1. The van der Waals surface area contributed by atoms with Gasteiger partial charge in [0.2, 0.25) is 0 Å². The highest BCUT2D eigenvalue weighted by Gasteiger charge is 2.36. The van der Waals surface area contributed by atoms with Crippen LogP contribution in [0.15, 0.2) is 18.5 Å². The number of rotatable bonds is 2. The van der Waals surface area contributed by atoms with Crippen LogP contribution in [0.3, 0.4) is 0 Å². The van der Waals surface area contributed by atoms with E-state index in [1.807, 2.05) is 0 Å². The molecule has 1 aliphatic rings. The van der Waals surface area contributed by atoms with Crippen molar-refractivity contribution in [3.63, 3.8) is 0 Å². The van der Waals surface area contributed by atoms with E-state index in [2.05, 4.69) is 4.98 Å². The van der Waals surface area contributed by atoms with Crippen molar-refractivity contribution < 1.29 is 14.3 Å².